The quantitative estimate of drug-likeness (QED) is 0.405. The highest BCUT2D eigenvalue weighted by atomic mass is 16.6. The summed E-state index contributed by atoms with van der Waals surface area (Å²) in [7, 11) is 3.71. The molecule has 0 saturated carbocycles. The number of carbonyl (C=O) groups is 5. The second-order valence-electron chi connectivity index (χ2n) is 6.99. The van der Waals surface area contributed by atoms with E-state index in [-0.39, 0.29) is 0 Å². The van der Waals surface area contributed by atoms with Gasteiger partial charge in [0.05, 0.1) is 0 Å². The number of hydrogen-bond acceptors (Lipinski definition) is 10. The van der Waals surface area contributed by atoms with Crippen molar-refractivity contribution >= 4 is 41.2 Å². The van der Waals surface area contributed by atoms with Crippen LogP contribution in [-0.4, -0.2) is 68.8 Å². The molecule has 32 heavy (non-hydrogen) atoms. The predicted molar refractivity (Wildman–Crippen MR) is 113 cm³/mol. The van der Waals surface area contributed by atoms with Gasteiger partial charge in [-0.25, -0.2) is 0 Å². The Morgan fingerprint density at radius 3 is 1.78 bits per heavy atom. The van der Waals surface area contributed by atoms with E-state index in [9.17, 15) is 24.0 Å². The van der Waals surface area contributed by atoms with Gasteiger partial charge in [0, 0.05) is 53.2 Å². The van der Waals surface area contributed by atoms with Gasteiger partial charge in [-0.2, -0.15) is 0 Å². The average molecular weight is 452 g/mol. The zero-order valence-corrected chi connectivity index (χ0v) is 18.9. The highest BCUT2D eigenvalue weighted by Crippen LogP contribution is 2.19. The van der Waals surface area contributed by atoms with Crippen LogP contribution >= 0.6 is 0 Å². The predicted octanol–water partition coefficient (Wildman–Crippen LogP) is 1.05. The Kier molecular flexibility index (Phi) is 10.1. The van der Waals surface area contributed by atoms with Crippen LogP contribution in [0.3, 0.4) is 0 Å². The molecule has 0 spiro atoms. The number of hydrogen-bond donors (Lipinski definition) is 1. The molecular weight excluding hydrogens is 424 g/mol. The van der Waals surface area contributed by atoms with Crippen LogP contribution < -0.4 is 10.2 Å². The van der Waals surface area contributed by atoms with Gasteiger partial charge in [0.1, 0.15) is 6.61 Å². The van der Waals surface area contributed by atoms with Crippen molar-refractivity contribution < 1.29 is 42.9 Å². The van der Waals surface area contributed by atoms with E-state index in [1.807, 2.05) is 19.0 Å². The second kappa shape index (κ2) is 12.3. The summed E-state index contributed by atoms with van der Waals surface area (Å²) in [6, 6.07) is 6.76. The molecule has 1 aromatic rings. The summed E-state index contributed by atoms with van der Waals surface area (Å²) in [6.45, 7) is 3.80. The molecule has 0 aliphatic heterocycles. The van der Waals surface area contributed by atoms with E-state index < -0.39 is 54.7 Å². The molecule has 0 fully saturated rings. The maximum atomic E-state index is 13.0. The fourth-order valence-electron chi connectivity index (χ4n) is 2.64. The van der Waals surface area contributed by atoms with Crippen molar-refractivity contribution in [3.05, 3.63) is 24.3 Å². The first-order valence-electron chi connectivity index (χ1n) is 9.64. The SMILES string of the molecule is CC(=O)OC[C@H](OC(C)=O)[C@H](OC(C)=O)[C@@H](OC(C)=O)C(=O)Nc1ccc(N(C)C)cc1. The topological polar surface area (TPSA) is 138 Å². The van der Waals surface area contributed by atoms with Crippen LogP contribution in [0.2, 0.25) is 0 Å². The lowest BCUT2D eigenvalue weighted by atomic mass is 10.1. The molecule has 1 aromatic carbocycles. The number of anilines is 2. The summed E-state index contributed by atoms with van der Waals surface area (Å²) in [5.74, 6) is -4.02. The van der Waals surface area contributed by atoms with Gasteiger partial charge in [-0.15, -0.1) is 0 Å². The van der Waals surface area contributed by atoms with Crippen LogP contribution in [0.25, 0.3) is 0 Å². The van der Waals surface area contributed by atoms with Crippen LogP contribution in [0, 0.1) is 0 Å². The summed E-state index contributed by atoms with van der Waals surface area (Å²) in [4.78, 5) is 61.0. The van der Waals surface area contributed by atoms with Crippen molar-refractivity contribution in [3.63, 3.8) is 0 Å². The van der Waals surface area contributed by atoms with Crippen LogP contribution in [0.1, 0.15) is 27.7 Å². The Hall–Kier alpha value is -3.63. The Labute approximate surface area is 185 Å². The van der Waals surface area contributed by atoms with Crippen molar-refractivity contribution in [2.75, 3.05) is 30.9 Å². The van der Waals surface area contributed by atoms with E-state index in [1.165, 1.54) is 0 Å². The van der Waals surface area contributed by atoms with Crippen molar-refractivity contribution in [2.24, 2.45) is 0 Å². The molecule has 11 nitrogen and oxygen atoms in total. The summed E-state index contributed by atoms with van der Waals surface area (Å²) in [5, 5.41) is 2.57. The normalized spacial score (nSPS) is 13.1. The molecule has 1 N–H and O–H groups in total. The van der Waals surface area contributed by atoms with Crippen molar-refractivity contribution in [1.29, 1.82) is 0 Å². The lowest BCUT2D eigenvalue weighted by molar-refractivity contribution is -0.190. The molecular formula is C21H28N2O9. The number of ether oxygens (including phenoxy) is 4. The number of nitrogens with zero attached hydrogens (tertiary/aromatic N) is 1. The molecule has 1 rings (SSSR count). The summed E-state index contributed by atoms with van der Waals surface area (Å²) in [6.07, 6.45) is -4.70. The summed E-state index contributed by atoms with van der Waals surface area (Å²) >= 11 is 0. The zero-order chi connectivity index (χ0) is 24.4. The van der Waals surface area contributed by atoms with Crippen LogP contribution in [0.4, 0.5) is 11.4 Å². The highest BCUT2D eigenvalue weighted by molar-refractivity contribution is 5.96. The fraction of sp³-hybridized carbons (Fsp3) is 0.476. The number of benzene rings is 1. The number of esters is 4. The molecule has 0 bridgehead atoms. The summed E-state index contributed by atoms with van der Waals surface area (Å²) in [5.41, 5.74) is 1.26. The first kappa shape index (κ1) is 26.4. The van der Waals surface area contributed by atoms with E-state index in [1.54, 1.807) is 24.3 Å². The van der Waals surface area contributed by atoms with Gasteiger partial charge in [-0.05, 0) is 24.3 Å². The maximum absolute atomic E-state index is 13.0. The van der Waals surface area contributed by atoms with Gasteiger partial charge >= 0.3 is 23.9 Å². The molecule has 0 heterocycles. The first-order chi connectivity index (χ1) is 14.9. The van der Waals surface area contributed by atoms with Gasteiger partial charge in [-0.1, -0.05) is 0 Å². The monoisotopic (exact) mass is 452 g/mol. The van der Waals surface area contributed by atoms with Crippen LogP contribution in [0.15, 0.2) is 24.3 Å². The molecule has 11 heteroatoms. The Morgan fingerprint density at radius 1 is 0.812 bits per heavy atom. The first-order valence-corrected chi connectivity index (χ1v) is 9.64. The Morgan fingerprint density at radius 2 is 1.34 bits per heavy atom. The molecule has 0 aromatic heterocycles. The van der Waals surface area contributed by atoms with E-state index >= 15 is 0 Å². The van der Waals surface area contributed by atoms with Gasteiger partial charge in [-0.3, -0.25) is 24.0 Å². The highest BCUT2D eigenvalue weighted by Gasteiger charge is 2.42. The van der Waals surface area contributed by atoms with Gasteiger partial charge in [0.15, 0.2) is 12.2 Å². The van der Waals surface area contributed by atoms with E-state index in [0.717, 1.165) is 33.4 Å². The van der Waals surface area contributed by atoms with E-state index in [2.05, 4.69) is 5.32 Å². The molecule has 176 valence electrons. The minimum Gasteiger partial charge on any atom is -0.462 e. The smallest absolute Gasteiger partial charge is 0.303 e. The Bertz CT molecular complexity index is 836. The van der Waals surface area contributed by atoms with Crippen molar-refractivity contribution in [2.45, 2.75) is 46.0 Å². The molecule has 0 aliphatic carbocycles. The zero-order valence-electron chi connectivity index (χ0n) is 18.9. The third-order valence-corrected chi connectivity index (χ3v) is 3.94. The van der Waals surface area contributed by atoms with E-state index in [0.29, 0.717) is 5.69 Å². The summed E-state index contributed by atoms with van der Waals surface area (Å²) < 4.78 is 20.2. The maximum Gasteiger partial charge on any atom is 0.303 e. The van der Waals surface area contributed by atoms with Gasteiger partial charge in [0.25, 0.3) is 5.91 Å². The Balaban J connectivity index is 3.26. The van der Waals surface area contributed by atoms with Gasteiger partial charge < -0.3 is 29.2 Å². The number of carbonyl (C=O) groups excluding carboxylic acids is 5. The minimum atomic E-state index is -1.70. The largest absolute Gasteiger partial charge is 0.462 e. The standard InChI is InChI=1S/C21H28N2O9/c1-12(24)29-11-18(30-13(2)25)19(31-14(3)26)20(32-15(4)27)21(28)22-16-7-9-17(10-8-16)23(5)6/h7-10,18-20H,11H2,1-6H3,(H,22,28)/t18-,19-,20+/m0/s1. The third-order valence-electron chi connectivity index (χ3n) is 3.94. The molecule has 0 aliphatic rings. The molecule has 3 atom stereocenters. The molecule has 0 radical (unpaired) electrons. The average Bonchev–Trinajstić information content (AvgIpc) is 2.67. The van der Waals surface area contributed by atoms with Gasteiger partial charge in [0.2, 0.25) is 6.10 Å². The number of amides is 1. The fourth-order valence-corrected chi connectivity index (χ4v) is 2.64. The van der Waals surface area contributed by atoms with Crippen LogP contribution in [-0.2, 0) is 42.9 Å². The molecule has 1 amide bonds. The van der Waals surface area contributed by atoms with Crippen molar-refractivity contribution in [1.82, 2.24) is 0 Å². The number of rotatable bonds is 10. The van der Waals surface area contributed by atoms with Crippen molar-refractivity contribution in [3.8, 4) is 0 Å². The second-order valence-corrected chi connectivity index (χ2v) is 6.99. The molecule has 0 saturated heterocycles. The third kappa shape index (κ3) is 9.02. The number of nitrogens with one attached hydrogen (secondary N) is 1. The lowest BCUT2D eigenvalue weighted by Gasteiger charge is -2.30. The minimum absolute atomic E-state index is 0.378. The van der Waals surface area contributed by atoms with Crippen LogP contribution in [0.5, 0.6) is 0 Å². The lowest BCUT2D eigenvalue weighted by Crippen LogP contribution is -2.52. The molecule has 0 unspecified atom stereocenters. The van der Waals surface area contributed by atoms with E-state index in [4.69, 9.17) is 18.9 Å².